The Bertz CT molecular complexity index is 688. The second kappa shape index (κ2) is 10.0. The predicted octanol–water partition coefficient (Wildman–Crippen LogP) is 1.36. The molecule has 0 aliphatic carbocycles. The fraction of sp³-hybridized carbons (Fsp3) is 0.667. The number of carbonyl (C=O) groups excluding carboxylic acids is 2. The number of pyridine rings is 1. The highest BCUT2D eigenvalue weighted by molar-refractivity contribution is 5.93. The van der Waals surface area contributed by atoms with E-state index in [0.717, 1.165) is 57.8 Å². The van der Waals surface area contributed by atoms with E-state index in [1.807, 2.05) is 17.9 Å². The molecule has 0 radical (unpaired) electrons. The van der Waals surface area contributed by atoms with Crippen molar-refractivity contribution < 1.29 is 14.3 Å². The maximum atomic E-state index is 12.4. The molecule has 2 aliphatic heterocycles. The van der Waals surface area contributed by atoms with E-state index in [9.17, 15) is 9.59 Å². The number of nitrogens with one attached hydrogen (secondary N) is 1. The molecular formula is C21H33N5O3. The Balaban J connectivity index is 1.58. The Morgan fingerprint density at radius 3 is 2.62 bits per heavy atom. The summed E-state index contributed by atoms with van der Waals surface area (Å²) in [4.78, 5) is 35.0. The third kappa shape index (κ3) is 5.67. The molecule has 2 saturated heterocycles. The number of rotatable bonds is 6. The Hall–Kier alpha value is -2.19. The normalized spacial score (nSPS) is 20.1. The van der Waals surface area contributed by atoms with Crippen molar-refractivity contribution in [1.29, 1.82) is 0 Å². The van der Waals surface area contributed by atoms with Crippen molar-refractivity contribution >= 4 is 11.9 Å². The number of aryl methyl sites for hydroxylation is 1. The molecule has 0 spiro atoms. The van der Waals surface area contributed by atoms with Gasteiger partial charge in [0, 0.05) is 77.5 Å². The SMILES string of the molecule is Cc1ccc(C(=O)NCCN(C2CCOCC2)C2CCN(C(=O)N(C)C)C2)cn1. The minimum atomic E-state index is -0.0970. The van der Waals surface area contributed by atoms with Crippen LogP contribution in [0.2, 0.25) is 0 Å². The third-order valence-corrected chi connectivity index (χ3v) is 5.77. The van der Waals surface area contributed by atoms with Gasteiger partial charge in [-0.25, -0.2) is 4.79 Å². The fourth-order valence-corrected chi connectivity index (χ4v) is 4.15. The van der Waals surface area contributed by atoms with Crippen LogP contribution in [0.1, 0.15) is 35.3 Å². The lowest BCUT2D eigenvalue weighted by molar-refractivity contribution is 0.0188. The van der Waals surface area contributed by atoms with Crippen molar-refractivity contribution in [3.63, 3.8) is 0 Å². The molecule has 3 rings (SSSR count). The van der Waals surface area contributed by atoms with Crippen molar-refractivity contribution in [2.75, 3.05) is 53.5 Å². The predicted molar refractivity (Wildman–Crippen MR) is 111 cm³/mol. The largest absolute Gasteiger partial charge is 0.381 e. The average molecular weight is 404 g/mol. The molecule has 29 heavy (non-hydrogen) atoms. The first-order valence-corrected chi connectivity index (χ1v) is 10.5. The first-order valence-electron chi connectivity index (χ1n) is 10.5. The van der Waals surface area contributed by atoms with Gasteiger partial charge in [-0.1, -0.05) is 0 Å². The molecule has 1 aromatic rings. The summed E-state index contributed by atoms with van der Waals surface area (Å²) >= 11 is 0. The van der Waals surface area contributed by atoms with E-state index in [-0.39, 0.29) is 11.9 Å². The number of aromatic nitrogens is 1. The zero-order chi connectivity index (χ0) is 20.8. The van der Waals surface area contributed by atoms with E-state index in [4.69, 9.17) is 4.74 Å². The number of amides is 3. The van der Waals surface area contributed by atoms with Gasteiger partial charge in [-0.15, -0.1) is 0 Å². The van der Waals surface area contributed by atoms with E-state index in [1.54, 1.807) is 31.3 Å². The summed E-state index contributed by atoms with van der Waals surface area (Å²) in [6.07, 6.45) is 4.57. The maximum Gasteiger partial charge on any atom is 0.319 e. The first-order chi connectivity index (χ1) is 14.0. The molecule has 2 fully saturated rings. The Kier molecular flexibility index (Phi) is 7.44. The number of nitrogens with zero attached hydrogens (tertiary/aromatic N) is 4. The van der Waals surface area contributed by atoms with Crippen LogP contribution in [0.5, 0.6) is 0 Å². The molecule has 160 valence electrons. The van der Waals surface area contributed by atoms with Crippen molar-refractivity contribution in [2.24, 2.45) is 0 Å². The van der Waals surface area contributed by atoms with E-state index in [1.165, 1.54) is 0 Å². The molecule has 1 N–H and O–H groups in total. The number of carbonyl (C=O) groups is 2. The van der Waals surface area contributed by atoms with Crippen LogP contribution in [-0.2, 0) is 4.74 Å². The van der Waals surface area contributed by atoms with Gasteiger partial charge in [-0.05, 0) is 38.3 Å². The minimum absolute atomic E-state index is 0.0691. The van der Waals surface area contributed by atoms with Crippen LogP contribution in [0.3, 0.4) is 0 Å². The lowest BCUT2D eigenvalue weighted by Crippen LogP contribution is -2.50. The minimum Gasteiger partial charge on any atom is -0.381 e. The molecule has 1 unspecified atom stereocenters. The molecular weight excluding hydrogens is 370 g/mol. The molecule has 1 aromatic heterocycles. The van der Waals surface area contributed by atoms with Crippen LogP contribution in [0.25, 0.3) is 0 Å². The maximum absolute atomic E-state index is 12.4. The molecule has 2 aliphatic rings. The molecule has 0 bridgehead atoms. The quantitative estimate of drug-likeness (QED) is 0.776. The number of hydrogen-bond acceptors (Lipinski definition) is 5. The van der Waals surface area contributed by atoms with Crippen LogP contribution >= 0.6 is 0 Å². The lowest BCUT2D eigenvalue weighted by Gasteiger charge is -2.38. The summed E-state index contributed by atoms with van der Waals surface area (Å²) in [5, 5.41) is 3.02. The molecule has 8 heteroatoms. The van der Waals surface area contributed by atoms with Crippen molar-refractivity contribution in [2.45, 2.75) is 38.3 Å². The van der Waals surface area contributed by atoms with Gasteiger partial charge in [0.25, 0.3) is 5.91 Å². The van der Waals surface area contributed by atoms with Crippen molar-refractivity contribution in [1.82, 2.24) is 25.0 Å². The highest BCUT2D eigenvalue weighted by Crippen LogP contribution is 2.23. The van der Waals surface area contributed by atoms with Gasteiger partial charge in [0.2, 0.25) is 0 Å². The average Bonchev–Trinajstić information content (AvgIpc) is 3.21. The Labute approximate surface area is 173 Å². The molecule has 1 atom stereocenters. The number of likely N-dealkylation sites (tertiary alicyclic amines) is 1. The van der Waals surface area contributed by atoms with Crippen LogP contribution in [0.15, 0.2) is 18.3 Å². The third-order valence-electron chi connectivity index (χ3n) is 5.77. The van der Waals surface area contributed by atoms with Gasteiger partial charge < -0.3 is 19.9 Å². The van der Waals surface area contributed by atoms with Gasteiger partial charge in [-0.3, -0.25) is 14.7 Å². The summed E-state index contributed by atoms with van der Waals surface area (Å²) in [6.45, 7) is 6.31. The highest BCUT2D eigenvalue weighted by atomic mass is 16.5. The number of ether oxygens (including phenoxy) is 1. The number of urea groups is 1. The van der Waals surface area contributed by atoms with Crippen LogP contribution in [0.4, 0.5) is 4.79 Å². The van der Waals surface area contributed by atoms with Crippen LogP contribution in [0, 0.1) is 6.92 Å². The highest BCUT2D eigenvalue weighted by Gasteiger charge is 2.34. The second-order valence-electron chi connectivity index (χ2n) is 8.09. The summed E-state index contributed by atoms with van der Waals surface area (Å²) in [6, 6.07) is 4.47. The van der Waals surface area contributed by atoms with Crippen molar-refractivity contribution in [3.8, 4) is 0 Å². The standard InChI is InChI=1S/C21H33N5O3/c1-16-4-5-17(14-23-16)20(27)22-9-11-26(18-7-12-29-13-8-18)19-6-10-25(15-19)21(28)24(2)3/h4-5,14,18-19H,6-13,15H2,1-3H3,(H,22,27). The zero-order valence-corrected chi connectivity index (χ0v) is 17.8. The summed E-state index contributed by atoms with van der Waals surface area (Å²) in [5.74, 6) is -0.0970. The van der Waals surface area contributed by atoms with Gasteiger partial charge >= 0.3 is 6.03 Å². The molecule has 3 amide bonds. The van der Waals surface area contributed by atoms with E-state index < -0.39 is 0 Å². The fourth-order valence-electron chi connectivity index (χ4n) is 4.15. The van der Waals surface area contributed by atoms with Gasteiger partial charge in [0.15, 0.2) is 0 Å². The molecule has 0 saturated carbocycles. The summed E-state index contributed by atoms with van der Waals surface area (Å²) in [7, 11) is 3.59. The summed E-state index contributed by atoms with van der Waals surface area (Å²) < 4.78 is 5.54. The van der Waals surface area contributed by atoms with E-state index in [2.05, 4.69) is 15.2 Å². The smallest absolute Gasteiger partial charge is 0.319 e. The van der Waals surface area contributed by atoms with Crippen LogP contribution < -0.4 is 5.32 Å². The molecule has 8 nitrogen and oxygen atoms in total. The van der Waals surface area contributed by atoms with Crippen molar-refractivity contribution in [3.05, 3.63) is 29.6 Å². The zero-order valence-electron chi connectivity index (χ0n) is 17.8. The van der Waals surface area contributed by atoms with Crippen LogP contribution in [-0.4, -0.2) is 97.2 Å². The topological polar surface area (TPSA) is 78.0 Å². The van der Waals surface area contributed by atoms with Gasteiger partial charge in [0.05, 0.1) is 5.56 Å². The van der Waals surface area contributed by atoms with Gasteiger partial charge in [0.1, 0.15) is 0 Å². The summed E-state index contributed by atoms with van der Waals surface area (Å²) in [5.41, 5.74) is 1.47. The molecule has 0 aromatic carbocycles. The second-order valence-corrected chi connectivity index (χ2v) is 8.09. The number of hydrogen-bond donors (Lipinski definition) is 1. The Morgan fingerprint density at radius 1 is 1.21 bits per heavy atom. The van der Waals surface area contributed by atoms with E-state index >= 15 is 0 Å². The molecule has 3 heterocycles. The lowest BCUT2D eigenvalue weighted by atomic mass is 10.0. The Morgan fingerprint density at radius 2 is 1.97 bits per heavy atom. The van der Waals surface area contributed by atoms with Gasteiger partial charge in [-0.2, -0.15) is 0 Å². The van der Waals surface area contributed by atoms with E-state index in [0.29, 0.717) is 24.2 Å². The monoisotopic (exact) mass is 403 g/mol. The first kappa shape index (κ1) is 21.5.